The van der Waals surface area contributed by atoms with Crippen LogP contribution in [0.25, 0.3) is 0 Å². The Bertz CT molecular complexity index is 1490. The van der Waals surface area contributed by atoms with Crippen LogP contribution in [0, 0.1) is 0 Å². The van der Waals surface area contributed by atoms with Gasteiger partial charge in [-0.05, 0) is 56.7 Å². The van der Waals surface area contributed by atoms with Crippen LogP contribution in [0.15, 0.2) is 66.7 Å². The predicted molar refractivity (Wildman–Crippen MR) is 167 cm³/mol. The lowest BCUT2D eigenvalue weighted by atomic mass is 10.0. The molecule has 0 fully saturated rings. The number of sulfonamides is 1. The smallest absolute Gasteiger partial charge is 0.244 e. The van der Waals surface area contributed by atoms with Gasteiger partial charge in [0.05, 0.1) is 17.0 Å². The number of benzene rings is 3. The van der Waals surface area contributed by atoms with Gasteiger partial charge in [0.15, 0.2) is 0 Å². The highest BCUT2D eigenvalue weighted by Crippen LogP contribution is 2.32. The summed E-state index contributed by atoms with van der Waals surface area (Å²) in [4.78, 5) is 29.3. The van der Waals surface area contributed by atoms with E-state index in [9.17, 15) is 18.0 Å². The summed E-state index contributed by atoms with van der Waals surface area (Å²) in [5.74, 6) is -1.10. The molecule has 0 aromatic heterocycles. The highest BCUT2D eigenvalue weighted by atomic mass is 35.5. The van der Waals surface area contributed by atoms with Crippen LogP contribution < -0.4 is 9.62 Å². The van der Waals surface area contributed by atoms with Gasteiger partial charge in [0.25, 0.3) is 0 Å². The standard InChI is InChI=1S/C29H31Cl4N3O4S/c1-29(2,3)34-28(38)26(15-19-9-6-5-7-10-19)35(17-21-22(31)11-8-12-23(21)32)27(37)18-36(41(4,39)40)25-16-20(30)13-14-24(25)33/h5-14,16,26H,15,17-18H2,1-4H3,(H,34,38). The molecule has 0 spiro atoms. The Balaban J connectivity index is 2.15. The molecule has 0 aliphatic rings. The van der Waals surface area contributed by atoms with Crippen LogP contribution >= 0.6 is 46.4 Å². The number of amides is 2. The van der Waals surface area contributed by atoms with E-state index in [4.69, 9.17) is 46.4 Å². The Labute approximate surface area is 261 Å². The largest absolute Gasteiger partial charge is 0.350 e. The average molecular weight is 659 g/mol. The first-order chi connectivity index (χ1) is 19.1. The molecule has 3 rings (SSSR count). The molecule has 0 saturated heterocycles. The lowest BCUT2D eigenvalue weighted by Crippen LogP contribution is -2.56. The first kappa shape index (κ1) is 33.0. The molecule has 220 valence electrons. The van der Waals surface area contributed by atoms with Crippen LogP contribution in [0.5, 0.6) is 0 Å². The monoisotopic (exact) mass is 657 g/mol. The second-order valence-corrected chi connectivity index (χ2v) is 14.1. The molecule has 3 aromatic carbocycles. The fourth-order valence-electron chi connectivity index (χ4n) is 4.13. The van der Waals surface area contributed by atoms with Gasteiger partial charge in [-0.25, -0.2) is 8.42 Å². The van der Waals surface area contributed by atoms with Gasteiger partial charge in [0, 0.05) is 39.1 Å². The van der Waals surface area contributed by atoms with Crippen molar-refractivity contribution in [3.8, 4) is 0 Å². The van der Waals surface area contributed by atoms with Crippen molar-refractivity contribution in [2.24, 2.45) is 0 Å². The molecule has 3 aromatic rings. The highest BCUT2D eigenvalue weighted by Gasteiger charge is 2.35. The molecule has 0 bridgehead atoms. The molecule has 1 atom stereocenters. The molecule has 0 aliphatic heterocycles. The van der Waals surface area contributed by atoms with Crippen LogP contribution in [0.3, 0.4) is 0 Å². The van der Waals surface area contributed by atoms with Crippen LogP contribution in [-0.2, 0) is 32.6 Å². The third-order valence-electron chi connectivity index (χ3n) is 6.02. The summed E-state index contributed by atoms with van der Waals surface area (Å²) in [5.41, 5.74) is 0.625. The molecule has 0 radical (unpaired) electrons. The van der Waals surface area contributed by atoms with E-state index < -0.39 is 40.0 Å². The maximum Gasteiger partial charge on any atom is 0.244 e. The first-order valence-corrected chi connectivity index (χ1v) is 15.9. The second-order valence-electron chi connectivity index (χ2n) is 10.5. The van der Waals surface area contributed by atoms with E-state index in [1.165, 1.54) is 23.1 Å². The Hall–Kier alpha value is -2.49. The minimum atomic E-state index is -4.02. The summed E-state index contributed by atoms with van der Waals surface area (Å²) >= 11 is 25.4. The summed E-state index contributed by atoms with van der Waals surface area (Å²) in [5, 5.41) is 3.86. The number of hydrogen-bond acceptors (Lipinski definition) is 4. The van der Waals surface area contributed by atoms with Gasteiger partial charge in [-0.15, -0.1) is 0 Å². The molecule has 12 heteroatoms. The van der Waals surface area contributed by atoms with Crippen LogP contribution in [0.4, 0.5) is 5.69 Å². The number of halogens is 4. The van der Waals surface area contributed by atoms with E-state index in [-0.39, 0.29) is 28.7 Å². The van der Waals surface area contributed by atoms with Crippen molar-refractivity contribution in [2.75, 3.05) is 17.1 Å². The minimum absolute atomic E-state index is 0.0319. The normalized spacial score (nSPS) is 12.5. The van der Waals surface area contributed by atoms with E-state index in [0.29, 0.717) is 15.6 Å². The van der Waals surface area contributed by atoms with Crippen molar-refractivity contribution < 1.29 is 18.0 Å². The van der Waals surface area contributed by atoms with Crippen molar-refractivity contribution in [1.29, 1.82) is 0 Å². The van der Waals surface area contributed by atoms with Gasteiger partial charge in [0.2, 0.25) is 21.8 Å². The molecule has 0 heterocycles. The Kier molecular flexibility index (Phi) is 11.0. The molecule has 7 nitrogen and oxygen atoms in total. The third-order valence-corrected chi connectivity index (χ3v) is 8.40. The van der Waals surface area contributed by atoms with Gasteiger partial charge in [-0.1, -0.05) is 82.8 Å². The summed E-state index contributed by atoms with van der Waals surface area (Å²) in [6, 6.07) is 17.4. The second kappa shape index (κ2) is 13.7. The zero-order valence-corrected chi connectivity index (χ0v) is 26.8. The lowest BCUT2D eigenvalue weighted by Gasteiger charge is -2.35. The van der Waals surface area contributed by atoms with Gasteiger partial charge in [0.1, 0.15) is 12.6 Å². The van der Waals surface area contributed by atoms with E-state index in [1.807, 2.05) is 51.1 Å². The summed E-state index contributed by atoms with van der Waals surface area (Å²) in [7, 11) is -4.02. The van der Waals surface area contributed by atoms with E-state index >= 15 is 0 Å². The number of nitrogens with zero attached hydrogens (tertiary/aromatic N) is 2. The number of rotatable bonds is 10. The van der Waals surface area contributed by atoms with Crippen LogP contribution in [0.1, 0.15) is 31.9 Å². The number of nitrogens with one attached hydrogen (secondary N) is 1. The summed E-state index contributed by atoms with van der Waals surface area (Å²) in [6.07, 6.45) is 1.11. The fourth-order valence-corrected chi connectivity index (χ4v) is 5.94. The topological polar surface area (TPSA) is 86.8 Å². The highest BCUT2D eigenvalue weighted by molar-refractivity contribution is 7.92. The molecule has 1 N–H and O–H groups in total. The number of carbonyl (C=O) groups is 2. The fraction of sp³-hybridized carbons (Fsp3) is 0.310. The van der Waals surface area contributed by atoms with Gasteiger partial charge in [-0.2, -0.15) is 0 Å². The molecule has 0 aliphatic carbocycles. The Morgan fingerprint density at radius 3 is 2.05 bits per heavy atom. The SMILES string of the molecule is CC(C)(C)NC(=O)C(Cc1ccccc1)N(Cc1c(Cl)cccc1Cl)C(=O)CN(c1cc(Cl)ccc1Cl)S(C)(=O)=O. The molecule has 41 heavy (non-hydrogen) atoms. The first-order valence-electron chi connectivity index (χ1n) is 12.6. The Morgan fingerprint density at radius 2 is 1.49 bits per heavy atom. The van der Waals surface area contributed by atoms with Gasteiger partial charge >= 0.3 is 0 Å². The van der Waals surface area contributed by atoms with Crippen molar-refractivity contribution in [3.63, 3.8) is 0 Å². The predicted octanol–water partition coefficient (Wildman–Crippen LogP) is 6.62. The maximum atomic E-state index is 14.2. The number of hydrogen-bond donors (Lipinski definition) is 1. The van der Waals surface area contributed by atoms with E-state index in [1.54, 1.807) is 18.2 Å². The number of carbonyl (C=O) groups excluding carboxylic acids is 2. The molecule has 0 saturated carbocycles. The third kappa shape index (κ3) is 9.25. The molecular formula is C29H31Cl4N3O4S. The van der Waals surface area contributed by atoms with E-state index in [2.05, 4.69) is 5.32 Å². The van der Waals surface area contributed by atoms with Crippen LogP contribution in [0.2, 0.25) is 20.1 Å². The van der Waals surface area contributed by atoms with Crippen molar-refractivity contribution in [1.82, 2.24) is 10.2 Å². The van der Waals surface area contributed by atoms with Crippen molar-refractivity contribution >= 4 is 73.9 Å². The zero-order chi connectivity index (χ0) is 30.5. The summed E-state index contributed by atoms with van der Waals surface area (Å²) in [6.45, 7) is 4.67. The van der Waals surface area contributed by atoms with Gasteiger partial charge in [-0.3, -0.25) is 13.9 Å². The average Bonchev–Trinajstić information content (AvgIpc) is 2.86. The molecule has 2 amide bonds. The summed E-state index contributed by atoms with van der Waals surface area (Å²) < 4.78 is 26.7. The lowest BCUT2D eigenvalue weighted by molar-refractivity contribution is -0.140. The van der Waals surface area contributed by atoms with Crippen molar-refractivity contribution in [2.45, 2.75) is 45.3 Å². The number of anilines is 1. The van der Waals surface area contributed by atoms with Gasteiger partial charge < -0.3 is 10.2 Å². The van der Waals surface area contributed by atoms with Crippen molar-refractivity contribution in [3.05, 3.63) is 97.9 Å². The maximum absolute atomic E-state index is 14.2. The zero-order valence-electron chi connectivity index (χ0n) is 23.0. The van der Waals surface area contributed by atoms with Crippen LogP contribution in [-0.4, -0.2) is 49.5 Å². The molecule has 1 unspecified atom stereocenters. The minimum Gasteiger partial charge on any atom is -0.350 e. The van der Waals surface area contributed by atoms with E-state index in [0.717, 1.165) is 16.1 Å². The Morgan fingerprint density at radius 1 is 0.878 bits per heavy atom. The molecular weight excluding hydrogens is 628 g/mol. The quantitative estimate of drug-likeness (QED) is 0.265.